The van der Waals surface area contributed by atoms with E-state index in [-0.39, 0.29) is 6.61 Å². The Morgan fingerprint density at radius 1 is 1.25 bits per heavy atom. The first-order valence-electron chi connectivity index (χ1n) is 7.40. The molecule has 0 aromatic carbocycles. The number of nitrogens with zero attached hydrogens (tertiary/aromatic N) is 4. The molecule has 1 aromatic heterocycles. The van der Waals surface area contributed by atoms with Crippen molar-refractivity contribution >= 4 is 11.8 Å². The van der Waals surface area contributed by atoms with Gasteiger partial charge in [0.1, 0.15) is 5.82 Å². The van der Waals surface area contributed by atoms with Gasteiger partial charge in [-0.05, 0) is 13.3 Å². The summed E-state index contributed by atoms with van der Waals surface area (Å²) >= 11 is 0. The van der Waals surface area contributed by atoms with Crippen molar-refractivity contribution in [3.63, 3.8) is 0 Å². The second-order valence-corrected chi connectivity index (χ2v) is 5.17. The number of aliphatic hydroxyl groups excluding tert-OH is 1. The van der Waals surface area contributed by atoms with E-state index in [0.29, 0.717) is 0 Å². The minimum atomic E-state index is 0.234. The SMILES string of the molecule is CCCNc1nc(C)cc(N2CCN(CCO)CC2)n1. The highest BCUT2D eigenvalue weighted by Crippen LogP contribution is 2.16. The lowest BCUT2D eigenvalue weighted by atomic mass is 10.3. The predicted molar refractivity (Wildman–Crippen MR) is 81.3 cm³/mol. The number of aryl methyl sites for hydroxylation is 1. The normalized spacial score (nSPS) is 16.4. The van der Waals surface area contributed by atoms with Crippen molar-refractivity contribution in [2.45, 2.75) is 20.3 Å². The maximum atomic E-state index is 8.97. The summed E-state index contributed by atoms with van der Waals surface area (Å²) in [6.45, 7) is 9.87. The molecule has 20 heavy (non-hydrogen) atoms. The van der Waals surface area contributed by atoms with Crippen LogP contribution in [0, 0.1) is 6.92 Å². The molecular weight excluding hydrogens is 254 g/mol. The van der Waals surface area contributed by atoms with Crippen molar-refractivity contribution in [3.05, 3.63) is 11.8 Å². The van der Waals surface area contributed by atoms with E-state index in [1.165, 1.54) is 0 Å². The van der Waals surface area contributed by atoms with E-state index in [0.717, 1.165) is 63.1 Å². The van der Waals surface area contributed by atoms with Gasteiger partial charge in [-0.15, -0.1) is 0 Å². The van der Waals surface area contributed by atoms with Crippen molar-refractivity contribution < 1.29 is 5.11 Å². The number of anilines is 2. The van der Waals surface area contributed by atoms with E-state index < -0.39 is 0 Å². The van der Waals surface area contributed by atoms with Gasteiger partial charge in [-0.25, -0.2) is 4.98 Å². The van der Waals surface area contributed by atoms with Gasteiger partial charge in [-0.1, -0.05) is 6.92 Å². The van der Waals surface area contributed by atoms with E-state index in [1.807, 2.05) is 13.0 Å². The fourth-order valence-corrected chi connectivity index (χ4v) is 2.37. The van der Waals surface area contributed by atoms with E-state index >= 15 is 0 Å². The number of rotatable bonds is 6. The standard InChI is InChI=1S/C14H25N5O/c1-3-4-15-14-16-12(2)11-13(17-14)19-7-5-18(6-8-19)9-10-20/h11,20H,3-10H2,1-2H3,(H,15,16,17). The molecule has 2 N–H and O–H groups in total. The molecule has 0 amide bonds. The third kappa shape index (κ3) is 4.05. The Morgan fingerprint density at radius 2 is 2.00 bits per heavy atom. The summed E-state index contributed by atoms with van der Waals surface area (Å²) in [7, 11) is 0. The van der Waals surface area contributed by atoms with Crippen LogP contribution in [0.1, 0.15) is 19.0 Å². The van der Waals surface area contributed by atoms with Gasteiger partial charge >= 0.3 is 0 Å². The first kappa shape index (κ1) is 15.0. The lowest BCUT2D eigenvalue weighted by molar-refractivity contribution is 0.188. The molecule has 0 radical (unpaired) electrons. The van der Waals surface area contributed by atoms with Gasteiger partial charge in [-0.3, -0.25) is 4.90 Å². The Morgan fingerprint density at radius 3 is 2.65 bits per heavy atom. The smallest absolute Gasteiger partial charge is 0.224 e. The van der Waals surface area contributed by atoms with Crippen LogP contribution in [0.25, 0.3) is 0 Å². The average molecular weight is 279 g/mol. The van der Waals surface area contributed by atoms with Crippen molar-refractivity contribution in [2.24, 2.45) is 0 Å². The topological polar surface area (TPSA) is 64.5 Å². The average Bonchev–Trinajstić information content (AvgIpc) is 2.46. The molecule has 0 aliphatic carbocycles. The summed E-state index contributed by atoms with van der Waals surface area (Å²) in [5.74, 6) is 1.72. The quantitative estimate of drug-likeness (QED) is 0.800. The van der Waals surface area contributed by atoms with Crippen LogP contribution in [0.5, 0.6) is 0 Å². The Hall–Kier alpha value is -1.40. The first-order chi connectivity index (χ1) is 9.72. The zero-order valence-electron chi connectivity index (χ0n) is 12.5. The summed E-state index contributed by atoms with van der Waals surface area (Å²) in [4.78, 5) is 13.6. The molecule has 1 saturated heterocycles. The lowest BCUT2D eigenvalue weighted by Crippen LogP contribution is -2.47. The fourth-order valence-electron chi connectivity index (χ4n) is 2.37. The number of hydrogen-bond acceptors (Lipinski definition) is 6. The molecule has 6 nitrogen and oxygen atoms in total. The maximum absolute atomic E-state index is 8.97. The molecule has 1 aliphatic heterocycles. The molecule has 1 aliphatic rings. The lowest BCUT2D eigenvalue weighted by Gasteiger charge is -2.35. The molecule has 1 fully saturated rings. The zero-order valence-corrected chi connectivity index (χ0v) is 12.5. The fraction of sp³-hybridized carbons (Fsp3) is 0.714. The summed E-state index contributed by atoms with van der Waals surface area (Å²) in [5.41, 5.74) is 0.992. The molecule has 1 aromatic rings. The summed E-state index contributed by atoms with van der Waals surface area (Å²) in [5, 5.41) is 12.2. The van der Waals surface area contributed by atoms with Gasteiger partial charge in [-0.2, -0.15) is 4.98 Å². The number of aliphatic hydroxyl groups is 1. The predicted octanol–water partition coefficient (Wildman–Crippen LogP) is 0.721. The van der Waals surface area contributed by atoms with Crippen LogP contribution < -0.4 is 10.2 Å². The Labute approximate surface area is 120 Å². The van der Waals surface area contributed by atoms with Crippen LogP contribution in [0.3, 0.4) is 0 Å². The Kier molecular flexibility index (Phi) is 5.55. The highest BCUT2D eigenvalue weighted by atomic mass is 16.3. The van der Waals surface area contributed by atoms with E-state index in [4.69, 9.17) is 5.11 Å². The molecule has 2 rings (SSSR count). The van der Waals surface area contributed by atoms with Gasteiger partial charge in [0.05, 0.1) is 6.61 Å². The second-order valence-electron chi connectivity index (χ2n) is 5.17. The van der Waals surface area contributed by atoms with Crippen molar-refractivity contribution in [2.75, 3.05) is 56.1 Å². The molecule has 0 bridgehead atoms. The highest BCUT2D eigenvalue weighted by Gasteiger charge is 2.18. The summed E-state index contributed by atoms with van der Waals surface area (Å²) in [6.07, 6.45) is 1.06. The van der Waals surface area contributed by atoms with E-state index in [2.05, 4.69) is 32.0 Å². The van der Waals surface area contributed by atoms with Gasteiger partial charge in [0.15, 0.2) is 0 Å². The number of nitrogens with one attached hydrogen (secondary N) is 1. The number of piperazine rings is 1. The molecule has 0 spiro atoms. The number of aromatic nitrogens is 2. The van der Waals surface area contributed by atoms with E-state index in [1.54, 1.807) is 0 Å². The van der Waals surface area contributed by atoms with Crippen LogP contribution in [-0.2, 0) is 0 Å². The molecule has 2 heterocycles. The second kappa shape index (κ2) is 7.40. The van der Waals surface area contributed by atoms with Crippen molar-refractivity contribution in [3.8, 4) is 0 Å². The third-order valence-electron chi connectivity index (χ3n) is 3.49. The molecule has 112 valence electrons. The van der Waals surface area contributed by atoms with Crippen LogP contribution in [0.2, 0.25) is 0 Å². The molecular formula is C14H25N5O. The first-order valence-corrected chi connectivity index (χ1v) is 7.40. The van der Waals surface area contributed by atoms with Gasteiger partial charge in [0.2, 0.25) is 5.95 Å². The Balaban J connectivity index is 2.00. The molecule has 0 unspecified atom stereocenters. The molecule has 6 heteroatoms. The monoisotopic (exact) mass is 279 g/mol. The van der Waals surface area contributed by atoms with Crippen LogP contribution in [-0.4, -0.2) is 65.8 Å². The van der Waals surface area contributed by atoms with Crippen molar-refractivity contribution in [1.82, 2.24) is 14.9 Å². The van der Waals surface area contributed by atoms with E-state index in [9.17, 15) is 0 Å². The highest BCUT2D eigenvalue weighted by molar-refractivity contribution is 5.45. The van der Waals surface area contributed by atoms with Crippen LogP contribution in [0.4, 0.5) is 11.8 Å². The van der Waals surface area contributed by atoms with Gasteiger partial charge in [0, 0.05) is 51.0 Å². The molecule has 0 atom stereocenters. The number of β-amino-alcohol motifs (C(OH)–C–C–N with tert-alkyl or cyclic N) is 1. The van der Waals surface area contributed by atoms with Crippen LogP contribution in [0.15, 0.2) is 6.07 Å². The zero-order chi connectivity index (χ0) is 14.4. The summed E-state index contributed by atoms with van der Waals surface area (Å²) < 4.78 is 0. The van der Waals surface area contributed by atoms with Crippen molar-refractivity contribution in [1.29, 1.82) is 0 Å². The Bertz CT molecular complexity index is 418. The minimum absolute atomic E-state index is 0.234. The maximum Gasteiger partial charge on any atom is 0.224 e. The van der Waals surface area contributed by atoms with Gasteiger partial charge < -0.3 is 15.3 Å². The minimum Gasteiger partial charge on any atom is -0.395 e. The molecule has 0 saturated carbocycles. The summed E-state index contributed by atoms with van der Waals surface area (Å²) in [6, 6.07) is 2.04. The van der Waals surface area contributed by atoms with Gasteiger partial charge in [0.25, 0.3) is 0 Å². The third-order valence-corrected chi connectivity index (χ3v) is 3.49. The largest absolute Gasteiger partial charge is 0.395 e. The van der Waals surface area contributed by atoms with Crippen LogP contribution >= 0.6 is 0 Å². The number of hydrogen-bond donors (Lipinski definition) is 2.